The first-order chi connectivity index (χ1) is 18.3. The van der Waals surface area contributed by atoms with Crippen molar-refractivity contribution in [3.8, 4) is 21.3 Å². The second kappa shape index (κ2) is 8.76. The predicted molar refractivity (Wildman–Crippen MR) is 181 cm³/mol. The summed E-state index contributed by atoms with van der Waals surface area (Å²) in [7, 11) is 0. The zero-order valence-electron chi connectivity index (χ0n) is 19.4. The fraction of sp³-hybridized carbons (Fsp3) is 0.0714. The van der Waals surface area contributed by atoms with Crippen molar-refractivity contribution in [2.75, 3.05) is 0 Å². The smallest absolute Gasteiger partial charge is 0.161 e. The van der Waals surface area contributed by atoms with Crippen LogP contribution in [0.25, 0.3) is 71.4 Å². The van der Waals surface area contributed by atoms with Crippen LogP contribution in [0.3, 0.4) is 0 Å². The molecule has 0 bridgehead atoms. The Morgan fingerprint density at radius 1 is 0.526 bits per heavy atom. The quantitative estimate of drug-likeness (QED) is 0.174. The summed E-state index contributed by atoms with van der Waals surface area (Å²) >= 11 is 22.5. The Balaban J connectivity index is 1.28. The van der Waals surface area contributed by atoms with E-state index in [1.807, 2.05) is 0 Å². The minimum Gasteiger partial charge on any atom is -0.452 e. The van der Waals surface area contributed by atoms with Crippen LogP contribution in [0.15, 0.2) is 63.1 Å². The molecule has 0 fully saturated rings. The molecule has 0 atom stereocenters. The summed E-state index contributed by atoms with van der Waals surface area (Å²) in [6, 6.07) is 13.0. The highest BCUT2D eigenvalue weighted by Gasteiger charge is 2.28. The zero-order chi connectivity index (χ0) is 26.0. The first-order valence-corrected chi connectivity index (χ1v) is 17.9. The van der Waals surface area contributed by atoms with Crippen molar-refractivity contribution in [1.82, 2.24) is 0 Å². The minimum absolute atomic E-state index is 0.865. The maximum atomic E-state index is 6.52. The maximum Gasteiger partial charge on any atom is 0.161 e. The van der Waals surface area contributed by atoms with Gasteiger partial charge in [0.05, 0.1) is 46.4 Å². The Morgan fingerprint density at radius 3 is 1.37 bits per heavy atom. The summed E-state index contributed by atoms with van der Waals surface area (Å²) in [6.07, 6.45) is 0. The van der Waals surface area contributed by atoms with Crippen molar-refractivity contribution in [3.63, 3.8) is 0 Å². The van der Waals surface area contributed by atoms with Crippen molar-refractivity contribution in [3.05, 3.63) is 65.4 Å². The summed E-state index contributed by atoms with van der Waals surface area (Å²) in [5.74, 6) is 1.73. The molecule has 38 heavy (non-hydrogen) atoms. The standard InChI is InChI=1S/C28H12Br4O2S4/c1-9-3-5-11-13(7-9)35-23-15(29)21(33-19(11)23)25-17(31)27-28(37-25)18(32)26(38-27)22-16(30)24-20(34-22)12-6-4-10(2)8-14(12)36-24/h3-8H,1-2H3. The van der Waals surface area contributed by atoms with Gasteiger partial charge in [0.1, 0.15) is 0 Å². The summed E-state index contributed by atoms with van der Waals surface area (Å²) < 4.78 is 24.3. The summed E-state index contributed by atoms with van der Waals surface area (Å²) in [5.41, 5.74) is 4.39. The molecule has 6 aromatic heterocycles. The van der Waals surface area contributed by atoms with Crippen LogP contribution in [0.5, 0.6) is 0 Å². The van der Waals surface area contributed by atoms with E-state index in [1.165, 1.54) is 29.9 Å². The molecular formula is C28H12Br4O2S4. The second-order valence-electron chi connectivity index (χ2n) is 9.16. The minimum atomic E-state index is 0.865. The Labute approximate surface area is 265 Å². The number of hydrogen-bond acceptors (Lipinski definition) is 6. The third kappa shape index (κ3) is 3.41. The number of rotatable bonds is 2. The number of thiophene rings is 4. The molecule has 0 saturated carbocycles. The van der Waals surface area contributed by atoms with Gasteiger partial charge in [0.25, 0.3) is 0 Å². The van der Waals surface area contributed by atoms with E-state index in [2.05, 4.69) is 114 Å². The van der Waals surface area contributed by atoms with Crippen LogP contribution in [0.4, 0.5) is 0 Å². The molecule has 0 unspecified atom stereocenters. The highest BCUT2D eigenvalue weighted by atomic mass is 79.9. The van der Waals surface area contributed by atoms with Crippen molar-refractivity contribution in [2.24, 2.45) is 0 Å². The van der Waals surface area contributed by atoms with Gasteiger partial charge < -0.3 is 8.83 Å². The monoisotopic (exact) mass is 824 g/mol. The zero-order valence-corrected chi connectivity index (χ0v) is 29.0. The fourth-order valence-electron chi connectivity index (χ4n) is 4.82. The van der Waals surface area contributed by atoms with Crippen LogP contribution in [0.2, 0.25) is 0 Å². The van der Waals surface area contributed by atoms with Gasteiger partial charge >= 0.3 is 0 Å². The van der Waals surface area contributed by atoms with Crippen LogP contribution in [0.1, 0.15) is 11.1 Å². The molecule has 2 nitrogen and oxygen atoms in total. The van der Waals surface area contributed by atoms with Gasteiger partial charge in [-0.1, -0.05) is 12.1 Å². The van der Waals surface area contributed by atoms with E-state index >= 15 is 0 Å². The van der Waals surface area contributed by atoms with Crippen LogP contribution >= 0.6 is 109 Å². The normalized spacial score (nSPS) is 12.5. The predicted octanol–water partition coefficient (Wildman–Crippen LogP) is 13.9. The third-order valence-corrected chi connectivity index (χ3v) is 16.1. The van der Waals surface area contributed by atoms with Gasteiger partial charge in [-0.3, -0.25) is 0 Å². The van der Waals surface area contributed by atoms with Crippen LogP contribution in [-0.4, -0.2) is 0 Å². The molecule has 0 aliphatic rings. The Hall–Kier alpha value is -0.980. The SMILES string of the molecule is Cc1ccc2c(c1)sc1c(Br)c(-c3sc4c(Br)c(-c5oc6c(sc7cc(C)ccc76)c5Br)sc4c3Br)oc12. The van der Waals surface area contributed by atoms with E-state index in [-0.39, 0.29) is 0 Å². The van der Waals surface area contributed by atoms with E-state index < -0.39 is 0 Å². The lowest BCUT2D eigenvalue weighted by molar-refractivity contribution is 0.635. The van der Waals surface area contributed by atoms with Crippen LogP contribution < -0.4 is 0 Å². The first kappa shape index (κ1) is 24.8. The number of hydrogen-bond donors (Lipinski definition) is 0. The van der Waals surface area contributed by atoms with E-state index in [0.29, 0.717) is 0 Å². The highest BCUT2D eigenvalue weighted by Crippen LogP contribution is 2.57. The molecule has 8 aromatic rings. The lowest BCUT2D eigenvalue weighted by Gasteiger charge is -1.98. The van der Waals surface area contributed by atoms with Gasteiger partial charge in [-0.05, 0) is 113 Å². The fourth-order valence-corrected chi connectivity index (χ4v) is 13.2. The Bertz CT molecular complexity index is 2110. The lowest BCUT2D eigenvalue weighted by Crippen LogP contribution is -1.72. The second-order valence-corrected chi connectivity index (χ2v) is 16.5. The molecule has 0 amide bonds. The molecule has 0 spiro atoms. The molecule has 0 radical (unpaired) electrons. The molecule has 188 valence electrons. The van der Waals surface area contributed by atoms with Crippen molar-refractivity contribution in [2.45, 2.75) is 13.8 Å². The van der Waals surface area contributed by atoms with E-state index in [0.717, 1.165) is 70.5 Å². The average Bonchev–Trinajstić information content (AvgIpc) is 3.69. The number of furan rings is 2. The Morgan fingerprint density at radius 2 is 0.947 bits per heavy atom. The third-order valence-electron chi connectivity index (χ3n) is 6.63. The molecular weight excluding hydrogens is 816 g/mol. The average molecular weight is 828 g/mol. The summed E-state index contributed by atoms with van der Waals surface area (Å²) in [5, 5.41) is 2.32. The summed E-state index contributed by atoms with van der Waals surface area (Å²) in [4.78, 5) is 2.16. The van der Waals surface area contributed by atoms with Crippen molar-refractivity contribution < 1.29 is 8.83 Å². The first-order valence-electron chi connectivity index (χ1n) is 11.4. The van der Waals surface area contributed by atoms with Crippen LogP contribution in [0, 0.1) is 13.8 Å². The topological polar surface area (TPSA) is 26.3 Å². The number of fused-ring (bicyclic) bond motifs is 7. The molecule has 10 heteroatoms. The van der Waals surface area contributed by atoms with Crippen molar-refractivity contribution in [1.29, 1.82) is 0 Å². The molecule has 6 heterocycles. The number of halogens is 4. The summed E-state index contributed by atoms with van der Waals surface area (Å²) in [6.45, 7) is 4.24. The molecule has 0 aliphatic heterocycles. The number of benzene rings is 2. The van der Waals surface area contributed by atoms with Gasteiger partial charge in [-0.2, -0.15) is 0 Å². The van der Waals surface area contributed by atoms with Crippen LogP contribution in [-0.2, 0) is 0 Å². The molecule has 8 rings (SSSR count). The van der Waals surface area contributed by atoms with Gasteiger partial charge in [0, 0.05) is 20.2 Å². The van der Waals surface area contributed by atoms with Gasteiger partial charge in [-0.25, -0.2) is 0 Å². The van der Waals surface area contributed by atoms with Gasteiger partial charge in [0.2, 0.25) is 0 Å². The maximum absolute atomic E-state index is 6.52. The largest absolute Gasteiger partial charge is 0.452 e. The van der Waals surface area contributed by atoms with Gasteiger partial charge in [-0.15, -0.1) is 45.3 Å². The van der Waals surface area contributed by atoms with E-state index in [4.69, 9.17) is 8.83 Å². The molecule has 0 saturated heterocycles. The van der Waals surface area contributed by atoms with E-state index in [9.17, 15) is 0 Å². The number of aryl methyl sites for hydroxylation is 2. The Kier molecular flexibility index (Phi) is 5.71. The van der Waals surface area contributed by atoms with E-state index in [1.54, 1.807) is 45.3 Å². The molecule has 0 aliphatic carbocycles. The van der Waals surface area contributed by atoms with Crippen molar-refractivity contribution >= 4 is 159 Å². The molecule has 0 N–H and O–H groups in total. The lowest BCUT2D eigenvalue weighted by atomic mass is 10.2. The van der Waals surface area contributed by atoms with Gasteiger partial charge in [0.15, 0.2) is 22.7 Å². The molecule has 2 aromatic carbocycles. The highest BCUT2D eigenvalue weighted by molar-refractivity contribution is 9.11.